The first kappa shape index (κ1) is 12.7. The molecule has 1 aliphatic rings. The van der Waals surface area contributed by atoms with Gasteiger partial charge in [-0.1, -0.05) is 0 Å². The van der Waals surface area contributed by atoms with Crippen LogP contribution >= 0.6 is 0 Å². The van der Waals surface area contributed by atoms with E-state index in [9.17, 15) is 19.8 Å². The zero-order valence-electron chi connectivity index (χ0n) is 10.0. The van der Waals surface area contributed by atoms with Crippen LogP contribution in [-0.4, -0.2) is 54.3 Å². The minimum absolute atomic E-state index is 0.0130. The molecule has 0 aromatic carbocycles. The monoisotopic (exact) mass is 281 g/mol. The highest BCUT2D eigenvalue weighted by Crippen LogP contribution is 2.30. The standard InChI is InChI=1S/C10H11N5O5/c11-10-13-7-4(8(19)14-10)12-2-15(7)9-6(18)5(17)3(1-16)20-9/h1-3,5-6,9,17-18H,(H3,11,13,14,19). The maximum Gasteiger partial charge on any atom is 0.280 e. The number of aromatic amines is 1. The second-order valence-corrected chi connectivity index (χ2v) is 4.38. The summed E-state index contributed by atoms with van der Waals surface area (Å²) in [4.78, 5) is 32.4. The smallest absolute Gasteiger partial charge is 0.280 e. The van der Waals surface area contributed by atoms with Crippen LogP contribution in [0.25, 0.3) is 11.2 Å². The summed E-state index contributed by atoms with van der Waals surface area (Å²) in [6, 6.07) is 0. The fourth-order valence-corrected chi connectivity index (χ4v) is 2.16. The van der Waals surface area contributed by atoms with E-state index in [1.807, 2.05) is 0 Å². The van der Waals surface area contributed by atoms with Crippen LogP contribution in [0, 0.1) is 0 Å². The minimum atomic E-state index is -1.37. The predicted octanol–water partition coefficient (Wildman–Crippen LogP) is -2.48. The minimum Gasteiger partial charge on any atom is -0.387 e. The second kappa shape index (κ2) is 4.37. The van der Waals surface area contributed by atoms with Crippen molar-refractivity contribution in [1.29, 1.82) is 0 Å². The first-order valence-corrected chi connectivity index (χ1v) is 5.72. The third-order valence-electron chi connectivity index (χ3n) is 3.13. The number of imidazole rings is 1. The molecule has 5 N–H and O–H groups in total. The van der Waals surface area contributed by atoms with Crippen LogP contribution in [-0.2, 0) is 9.53 Å². The third-order valence-corrected chi connectivity index (χ3v) is 3.13. The van der Waals surface area contributed by atoms with Crippen LogP contribution in [0.3, 0.4) is 0 Å². The Morgan fingerprint density at radius 1 is 1.45 bits per heavy atom. The average Bonchev–Trinajstić information content (AvgIpc) is 2.93. The summed E-state index contributed by atoms with van der Waals surface area (Å²) in [7, 11) is 0. The van der Waals surface area contributed by atoms with Gasteiger partial charge in [0.15, 0.2) is 23.7 Å². The number of carbonyl (C=O) groups excluding carboxylic acids is 1. The van der Waals surface area contributed by atoms with Gasteiger partial charge in [-0.05, 0) is 0 Å². The number of anilines is 1. The number of aliphatic hydroxyl groups is 2. The molecule has 1 aliphatic heterocycles. The Bertz CT molecular complexity index is 724. The van der Waals surface area contributed by atoms with Gasteiger partial charge in [0.1, 0.15) is 18.3 Å². The molecule has 2 aromatic rings. The maximum atomic E-state index is 11.6. The summed E-state index contributed by atoms with van der Waals surface area (Å²) in [5.41, 5.74) is 5.02. The summed E-state index contributed by atoms with van der Waals surface area (Å²) in [5.74, 6) is -0.121. The molecule has 10 nitrogen and oxygen atoms in total. The lowest BCUT2D eigenvalue weighted by molar-refractivity contribution is -0.122. The molecule has 0 amide bonds. The molecule has 3 heterocycles. The Hall–Kier alpha value is -2.30. The lowest BCUT2D eigenvalue weighted by Gasteiger charge is -2.16. The summed E-state index contributed by atoms with van der Waals surface area (Å²) < 4.78 is 6.48. The number of carbonyl (C=O) groups is 1. The van der Waals surface area contributed by atoms with E-state index < -0.39 is 30.1 Å². The molecule has 0 aliphatic carbocycles. The van der Waals surface area contributed by atoms with Crippen LogP contribution in [0.4, 0.5) is 5.95 Å². The van der Waals surface area contributed by atoms with Crippen molar-refractivity contribution in [2.24, 2.45) is 0 Å². The quantitative estimate of drug-likeness (QED) is 0.441. The number of rotatable bonds is 2. The van der Waals surface area contributed by atoms with Gasteiger partial charge in [-0.15, -0.1) is 0 Å². The lowest BCUT2D eigenvalue weighted by Crippen LogP contribution is -2.32. The van der Waals surface area contributed by atoms with Crippen LogP contribution in [0.15, 0.2) is 11.1 Å². The number of ether oxygens (including phenoxy) is 1. The molecular weight excluding hydrogens is 270 g/mol. The van der Waals surface area contributed by atoms with Crippen LogP contribution in [0.2, 0.25) is 0 Å². The number of hydrogen-bond donors (Lipinski definition) is 4. The molecule has 0 radical (unpaired) electrons. The molecule has 3 rings (SSSR count). The Morgan fingerprint density at radius 3 is 2.85 bits per heavy atom. The topological polar surface area (TPSA) is 156 Å². The number of aldehydes is 1. The number of hydrogen-bond acceptors (Lipinski definition) is 8. The molecular formula is C10H11N5O5. The van der Waals surface area contributed by atoms with Crippen molar-refractivity contribution in [2.45, 2.75) is 24.5 Å². The normalized spacial score (nSPS) is 29.9. The van der Waals surface area contributed by atoms with Gasteiger partial charge in [0, 0.05) is 0 Å². The first-order chi connectivity index (χ1) is 9.52. The van der Waals surface area contributed by atoms with Gasteiger partial charge in [0.05, 0.1) is 6.33 Å². The van der Waals surface area contributed by atoms with Crippen LogP contribution in [0.1, 0.15) is 6.23 Å². The van der Waals surface area contributed by atoms with E-state index >= 15 is 0 Å². The summed E-state index contributed by atoms with van der Waals surface area (Å²) in [6.07, 6.45) is -3.35. The zero-order valence-corrected chi connectivity index (χ0v) is 10.0. The maximum absolute atomic E-state index is 11.6. The summed E-state index contributed by atoms with van der Waals surface area (Å²) >= 11 is 0. The van der Waals surface area contributed by atoms with Crippen molar-refractivity contribution in [2.75, 3.05) is 5.73 Å². The van der Waals surface area contributed by atoms with Crippen molar-refractivity contribution in [1.82, 2.24) is 19.5 Å². The molecule has 106 valence electrons. The highest BCUT2D eigenvalue weighted by atomic mass is 16.6. The van der Waals surface area contributed by atoms with E-state index in [0.717, 1.165) is 0 Å². The summed E-state index contributed by atoms with van der Waals surface area (Å²) in [6.45, 7) is 0. The van der Waals surface area contributed by atoms with Gasteiger partial charge in [-0.25, -0.2) is 4.98 Å². The van der Waals surface area contributed by atoms with Gasteiger partial charge in [-0.3, -0.25) is 14.3 Å². The van der Waals surface area contributed by atoms with E-state index in [1.165, 1.54) is 10.9 Å². The van der Waals surface area contributed by atoms with Crippen molar-refractivity contribution < 1.29 is 19.7 Å². The van der Waals surface area contributed by atoms with E-state index in [4.69, 9.17) is 10.5 Å². The molecule has 2 aromatic heterocycles. The highest BCUT2D eigenvalue weighted by Gasteiger charge is 2.44. The molecule has 4 unspecified atom stereocenters. The number of nitrogens with one attached hydrogen (secondary N) is 1. The van der Waals surface area contributed by atoms with E-state index in [0.29, 0.717) is 6.29 Å². The fraction of sp³-hybridized carbons (Fsp3) is 0.400. The number of nitrogens with two attached hydrogens (primary N) is 1. The van der Waals surface area contributed by atoms with E-state index in [-0.39, 0.29) is 17.1 Å². The number of aliphatic hydroxyl groups excluding tert-OH is 2. The van der Waals surface area contributed by atoms with E-state index in [2.05, 4.69) is 15.0 Å². The molecule has 0 saturated carbocycles. The fourth-order valence-electron chi connectivity index (χ4n) is 2.16. The number of aromatic nitrogens is 4. The van der Waals surface area contributed by atoms with Crippen LogP contribution in [0.5, 0.6) is 0 Å². The molecule has 1 fully saturated rings. The Morgan fingerprint density at radius 2 is 2.20 bits per heavy atom. The largest absolute Gasteiger partial charge is 0.387 e. The molecule has 0 spiro atoms. The zero-order chi connectivity index (χ0) is 14.4. The number of nitrogens with zero attached hydrogens (tertiary/aromatic N) is 3. The Balaban J connectivity index is 2.12. The number of fused-ring (bicyclic) bond motifs is 1. The number of H-pyrrole nitrogens is 1. The molecule has 1 saturated heterocycles. The van der Waals surface area contributed by atoms with Crippen molar-refractivity contribution >= 4 is 23.4 Å². The Kier molecular flexibility index (Phi) is 2.78. The van der Waals surface area contributed by atoms with Gasteiger partial charge < -0.3 is 25.5 Å². The van der Waals surface area contributed by atoms with Gasteiger partial charge >= 0.3 is 0 Å². The SMILES string of the molecule is Nc1nc2c(ncn2C2OC(C=O)C(O)C2O)c(=O)[nH]1. The van der Waals surface area contributed by atoms with Crippen molar-refractivity contribution in [3.05, 3.63) is 16.7 Å². The van der Waals surface area contributed by atoms with Crippen LogP contribution < -0.4 is 11.3 Å². The van der Waals surface area contributed by atoms with Gasteiger partial charge in [0.25, 0.3) is 5.56 Å². The molecule has 10 heteroatoms. The van der Waals surface area contributed by atoms with Gasteiger partial charge in [0.2, 0.25) is 5.95 Å². The molecule has 4 atom stereocenters. The lowest BCUT2D eigenvalue weighted by atomic mass is 10.1. The van der Waals surface area contributed by atoms with Gasteiger partial charge in [-0.2, -0.15) is 4.98 Å². The average molecular weight is 281 g/mol. The summed E-state index contributed by atoms with van der Waals surface area (Å²) in [5, 5.41) is 19.6. The van der Waals surface area contributed by atoms with E-state index in [1.54, 1.807) is 0 Å². The highest BCUT2D eigenvalue weighted by molar-refractivity contribution is 5.70. The Labute approximate surface area is 110 Å². The molecule has 0 bridgehead atoms. The van der Waals surface area contributed by atoms with Crippen molar-refractivity contribution in [3.63, 3.8) is 0 Å². The second-order valence-electron chi connectivity index (χ2n) is 4.38. The third kappa shape index (κ3) is 1.70. The van der Waals surface area contributed by atoms with Crippen molar-refractivity contribution in [3.8, 4) is 0 Å². The molecule has 20 heavy (non-hydrogen) atoms. The number of nitrogen functional groups attached to an aromatic ring is 1. The predicted molar refractivity (Wildman–Crippen MR) is 64.5 cm³/mol. The first-order valence-electron chi connectivity index (χ1n) is 5.72.